The molecule has 3 aromatic carbocycles. The van der Waals surface area contributed by atoms with Crippen molar-refractivity contribution in [1.29, 1.82) is 0 Å². The van der Waals surface area contributed by atoms with E-state index >= 15 is 0 Å². The van der Waals surface area contributed by atoms with E-state index < -0.39 is 6.29 Å². The second kappa shape index (κ2) is 8.82. The number of nitrogens with zero attached hydrogens (tertiary/aromatic N) is 2. The molecule has 1 atom stereocenters. The molecule has 1 heterocycles. The Kier molecular flexibility index (Phi) is 6.16. The standard InChI is InChI=1S/C23H17BrCl2N2O2/c1-14-21(15-7-9-17(24)10-8-15)28(20-12-11-18(25)13-19(20)26)27-22(14)30-23(29)16-5-3-2-4-6-16/h2-13,23,29H,1H3. The molecule has 0 aliphatic carbocycles. The Bertz CT molecular complexity index is 1180. The molecule has 1 aromatic heterocycles. The van der Waals surface area contributed by atoms with Crippen LogP contribution in [0.2, 0.25) is 10.0 Å². The zero-order chi connectivity index (χ0) is 21.3. The van der Waals surface area contributed by atoms with E-state index in [0.717, 1.165) is 21.3 Å². The van der Waals surface area contributed by atoms with E-state index in [-0.39, 0.29) is 0 Å². The number of hydrogen-bond donors (Lipinski definition) is 1. The highest BCUT2D eigenvalue weighted by Crippen LogP contribution is 2.36. The first-order chi connectivity index (χ1) is 14.4. The predicted octanol–water partition coefficient (Wildman–Crippen LogP) is 6.99. The van der Waals surface area contributed by atoms with E-state index in [1.165, 1.54) is 0 Å². The van der Waals surface area contributed by atoms with Crippen LogP contribution in [0, 0.1) is 6.92 Å². The maximum Gasteiger partial charge on any atom is 0.239 e. The fraction of sp³-hybridized carbons (Fsp3) is 0.0870. The van der Waals surface area contributed by atoms with Gasteiger partial charge in [-0.05, 0) is 37.3 Å². The van der Waals surface area contributed by atoms with Gasteiger partial charge >= 0.3 is 0 Å². The molecule has 0 saturated carbocycles. The molecule has 0 fully saturated rings. The molecule has 0 saturated heterocycles. The quantitative estimate of drug-likeness (QED) is 0.298. The average molecular weight is 504 g/mol. The lowest BCUT2D eigenvalue weighted by molar-refractivity contribution is -0.0234. The Balaban J connectivity index is 1.83. The highest BCUT2D eigenvalue weighted by Gasteiger charge is 2.22. The lowest BCUT2D eigenvalue weighted by Gasteiger charge is -2.12. The topological polar surface area (TPSA) is 47.3 Å². The van der Waals surface area contributed by atoms with Crippen molar-refractivity contribution in [2.75, 3.05) is 0 Å². The Morgan fingerprint density at radius 2 is 1.70 bits per heavy atom. The maximum absolute atomic E-state index is 10.5. The normalized spacial score (nSPS) is 12.0. The summed E-state index contributed by atoms with van der Waals surface area (Å²) < 4.78 is 8.51. The van der Waals surface area contributed by atoms with Crippen LogP contribution in [0.25, 0.3) is 16.9 Å². The van der Waals surface area contributed by atoms with Crippen LogP contribution in [0.1, 0.15) is 17.4 Å². The summed E-state index contributed by atoms with van der Waals surface area (Å²) in [5.74, 6) is 0.315. The van der Waals surface area contributed by atoms with Crippen LogP contribution in [-0.2, 0) is 0 Å². The Hall–Kier alpha value is -2.31. The summed E-state index contributed by atoms with van der Waals surface area (Å²) in [7, 11) is 0. The summed E-state index contributed by atoms with van der Waals surface area (Å²) in [6, 6.07) is 22.2. The van der Waals surface area contributed by atoms with Crippen molar-refractivity contribution in [3.8, 4) is 22.8 Å². The predicted molar refractivity (Wildman–Crippen MR) is 123 cm³/mol. The minimum absolute atomic E-state index is 0.315. The molecule has 0 spiro atoms. The van der Waals surface area contributed by atoms with E-state index in [1.54, 1.807) is 35.0 Å². The van der Waals surface area contributed by atoms with Gasteiger partial charge in [0, 0.05) is 26.2 Å². The number of rotatable bonds is 5. The number of ether oxygens (including phenoxy) is 1. The van der Waals surface area contributed by atoms with Gasteiger partial charge in [0.25, 0.3) is 0 Å². The number of aliphatic hydroxyl groups is 1. The summed E-state index contributed by atoms with van der Waals surface area (Å²) in [5.41, 5.74) is 3.81. The van der Waals surface area contributed by atoms with Crippen LogP contribution >= 0.6 is 39.1 Å². The molecule has 152 valence electrons. The molecule has 4 aromatic rings. The molecule has 0 radical (unpaired) electrons. The molecule has 0 bridgehead atoms. The van der Waals surface area contributed by atoms with Gasteiger partial charge in [-0.2, -0.15) is 0 Å². The minimum atomic E-state index is -1.15. The smallest absolute Gasteiger partial charge is 0.239 e. The number of aliphatic hydroxyl groups excluding tert-OH is 1. The van der Waals surface area contributed by atoms with Gasteiger partial charge < -0.3 is 9.84 Å². The zero-order valence-corrected chi connectivity index (χ0v) is 19.0. The van der Waals surface area contributed by atoms with Crippen molar-refractivity contribution in [2.45, 2.75) is 13.2 Å². The van der Waals surface area contributed by atoms with Gasteiger partial charge in [0.2, 0.25) is 12.2 Å². The number of halogens is 3. The van der Waals surface area contributed by atoms with Crippen molar-refractivity contribution in [2.24, 2.45) is 0 Å². The summed E-state index contributed by atoms with van der Waals surface area (Å²) in [5, 5.41) is 16.2. The van der Waals surface area contributed by atoms with Crippen LogP contribution in [0.15, 0.2) is 77.3 Å². The third kappa shape index (κ3) is 4.25. The molecule has 0 amide bonds. The zero-order valence-electron chi connectivity index (χ0n) is 15.9. The van der Waals surface area contributed by atoms with E-state index in [2.05, 4.69) is 21.0 Å². The largest absolute Gasteiger partial charge is 0.442 e. The summed E-state index contributed by atoms with van der Waals surface area (Å²) in [4.78, 5) is 0. The van der Waals surface area contributed by atoms with Crippen molar-refractivity contribution in [3.05, 3.63) is 98.4 Å². The molecule has 7 heteroatoms. The Morgan fingerprint density at radius 3 is 2.37 bits per heavy atom. The fourth-order valence-corrected chi connectivity index (χ4v) is 3.91. The SMILES string of the molecule is Cc1c(OC(O)c2ccccc2)nn(-c2ccc(Cl)cc2Cl)c1-c1ccc(Br)cc1. The van der Waals surface area contributed by atoms with Gasteiger partial charge in [-0.3, -0.25) is 0 Å². The molecular formula is C23H17BrCl2N2O2. The molecule has 0 aliphatic heterocycles. The van der Waals surface area contributed by atoms with Crippen molar-refractivity contribution in [1.82, 2.24) is 9.78 Å². The summed E-state index contributed by atoms with van der Waals surface area (Å²) in [6.45, 7) is 1.90. The highest BCUT2D eigenvalue weighted by molar-refractivity contribution is 9.10. The van der Waals surface area contributed by atoms with Gasteiger partial charge in [0.15, 0.2) is 0 Å². The maximum atomic E-state index is 10.5. The first kappa shape index (κ1) is 20.9. The van der Waals surface area contributed by atoms with Crippen LogP contribution in [0.4, 0.5) is 0 Å². The lowest BCUT2D eigenvalue weighted by Crippen LogP contribution is -2.07. The van der Waals surface area contributed by atoms with Gasteiger partial charge in [0.05, 0.1) is 16.4 Å². The van der Waals surface area contributed by atoms with E-state index in [1.807, 2.05) is 49.4 Å². The van der Waals surface area contributed by atoms with Gasteiger partial charge in [-0.1, -0.05) is 81.6 Å². The Morgan fingerprint density at radius 1 is 1.00 bits per heavy atom. The van der Waals surface area contributed by atoms with Gasteiger partial charge in [-0.15, -0.1) is 5.10 Å². The third-order valence-corrected chi connectivity index (χ3v) is 5.71. The van der Waals surface area contributed by atoms with Gasteiger partial charge in [0.1, 0.15) is 0 Å². The number of benzene rings is 3. The monoisotopic (exact) mass is 502 g/mol. The molecule has 30 heavy (non-hydrogen) atoms. The van der Waals surface area contributed by atoms with E-state index in [9.17, 15) is 5.11 Å². The summed E-state index contributed by atoms with van der Waals surface area (Å²) >= 11 is 16.0. The van der Waals surface area contributed by atoms with Crippen molar-refractivity contribution >= 4 is 39.1 Å². The van der Waals surface area contributed by atoms with Crippen molar-refractivity contribution in [3.63, 3.8) is 0 Å². The second-order valence-corrected chi connectivity index (χ2v) is 8.43. The van der Waals surface area contributed by atoms with Crippen molar-refractivity contribution < 1.29 is 9.84 Å². The lowest BCUT2D eigenvalue weighted by atomic mass is 10.1. The van der Waals surface area contributed by atoms with Crippen LogP contribution in [-0.4, -0.2) is 14.9 Å². The van der Waals surface area contributed by atoms with E-state index in [4.69, 9.17) is 27.9 Å². The van der Waals surface area contributed by atoms with Crippen LogP contribution in [0.3, 0.4) is 0 Å². The van der Waals surface area contributed by atoms with Gasteiger partial charge in [-0.25, -0.2) is 4.68 Å². The number of hydrogen-bond acceptors (Lipinski definition) is 3. The Labute approximate surface area is 192 Å². The second-order valence-electron chi connectivity index (χ2n) is 6.67. The van der Waals surface area contributed by atoms with Crippen LogP contribution < -0.4 is 4.74 Å². The summed E-state index contributed by atoms with van der Waals surface area (Å²) in [6.07, 6.45) is -1.15. The average Bonchev–Trinajstić information content (AvgIpc) is 3.05. The molecule has 1 unspecified atom stereocenters. The highest BCUT2D eigenvalue weighted by atomic mass is 79.9. The molecular weight excluding hydrogens is 487 g/mol. The molecule has 4 nitrogen and oxygen atoms in total. The van der Waals surface area contributed by atoms with Crippen LogP contribution in [0.5, 0.6) is 5.88 Å². The first-order valence-electron chi connectivity index (χ1n) is 9.14. The number of aromatic nitrogens is 2. The van der Waals surface area contributed by atoms with E-state index in [0.29, 0.717) is 27.2 Å². The molecule has 1 N–H and O–H groups in total. The fourth-order valence-electron chi connectivity index (χ4n) is 3.15. The minimum Gasteiger partial charge on any atom is -0.442 e. The molecule has 4 rings (SSSR count). The molecule has 0 aliphatic rings. The first-order valence-corrected chi connectivity index (χ1v) is 10.7. The third-order valence-electron chi connectivity index (χ3n) is 4.64.